The van der Waals surface area contributed by atoms with Crippen molar-refractivity contribution in [2.75, 3.05) is 25.6 Å². The molecule has 23 heavy (non-hydrogen) atoms. The third kappa shape index (κ3) is 6.82. The molecule has 126 valence electrons. The first-order valence-electron chi connectivity index (χ1n) is 7.71. The first-order valence-corrected chi connectivity index (χ1v) is 8.25. The Labute approximate surface area is 150 Å². The zero-order valence-electron chi connectivity index (χ0n) is 13.8. The molecular formula is C19H25Cl2NO. The van der Waals surface area contributed by atoms with Crippen LogP contribution in [-0.4, -0.2) is 30.5 Å². The SMILES string of the molecule is Cc1ccc(OCCN(CCCl)Cc2ccccc2)cc1C.Cl. The van der Waals surface area contributed by atoms with Crippen LogP contribution in [0.4, 0.5) is 0 Å². The van der Waals surface area contributed by atoms with Crippen LogP contribution in [0.15, 0.2) is 48.5 Å². The van der Waals surface area contributed by atoms with Crippen LogP contribution in [0.1, 0.15) is 16.7 Å². The fraction of sp³-hybridized carbons (Fsp3) is 0.368. The lowest BCUT2D eigenvalue weighted by Crippen LogP contribution is -2.29. The maximum Gasteiger partial charge on any atom is 0.119 e. The molecule has 0 saturated heterocycles. The molecule has 0 aliphatic heterocycles. The number of hydrogen-bond acceptors (Lipinski definition) is 2. The molecule has 0 amide bonds. The number of aryl methyl sites for hydroxylation is 2. The Morgan fingerprint density at radius 2 is 1.70 bits per heavy atom. The molecule has 0 N–H and O–H groups in total. The van der Waals surface area contributed by atoms with Gasteiger partial charge in [0.2, 0.25) is 0 Å². The van der Waals surface area contributed by atoms with Crippen molar-refractivity contribution in [1.82, 2.24) is 4.90 Å². The van der Waals surface area contributed by atoms with Crippen LogP contribution in [0.2, 0.25) is 0 Å². The summed E-state index contributed by atoms with van der Waals surface area (Å²) in [6.07, 6.45) is 0. The highest BCUT2D eigenvalue weighted by atomic mass is 35.5. The number of hydrogen-bond donors (Lipinski definition) is 0. The highest BCUT2D eigenvalue weighted by Gasteiger charge is 2.06. The summed E-state index contributed by atoms with van der Waals surface area (Å²) in [5, 5.41) is 0. The summed E-state index contributed by atoms with van der Waals surface area (Å²) in [7, 11) is 0. The Hall–Kier alpha value is -1.22. The minimum Gasteiger partial charge on any atom is -0.492 e. The summed E-state index contributed by atoms with van der Waals surface area (Å²) in [5.41, 5.74) is 3.86. The van der Waals surface area contributed by atoms with Crippen molar-refractivity contribution in [3.05, 3.63) is 65.2 Å². The number of benzene rings is 2. The predicted octanol–water partition coefficient (Wildman–Crippen LogP) is 4.85. The minimum absolute atomic E-state index is 0. The number of ether oxygens (including phenoxy) is 1. The van der Waals surface area contributed by atoms with Gasteiger partial charge in [0.25, 0.3) is 0 Å². The van der Waals surface area contributed by atoms with E-state index in [2.05, 4.69) is 55.1 Å². The predicted molar refractivity (Wildman–Crippen MR) is 101 cm³/mol. The van der Waals surface area contributed by atoms with Gasteiger partial charge in [-0.1, -0.05) is 36.4 Å². The molecule has 2 aromatic carbocycles. The standard InChI is InChI=1S/C19H24ClNO.ClH/c1-16-8-9-19(14-17(16)2)22-13-12-21(11-10-20)15-18-6-4-3-5-7-18;/h3-9,14H,10-13,15H2,1-2H3;1H. The van der Waals surface area contributed by atoms with E-state index >= 15 is 0 Å². The van der Waals surface area contributed by atoms with Gasteiger partial charge in [0.1, 0.15) is 12.4 Å². The number of alkyl halides is 1. The normalized spacial score (nSPS) is 10.4. The van der Waals surface area contributed by atoms with Crippen LogP contribution in [0.3, 0.4) is 0 Å². The number of rotatable bonds is 8. The van der Waals surface area contributed by atoms with Gasteiger partial charge in [-0.3, -0.25) is 4.90 Å². The van der Waals surface area contributed by atoms with Crippen LogP contribution >= 0.6 is 24.0 Å². The van der Waals surface area contributed by atoms with Gasteiger partial charge in [-0.15, -0.1) is 24.0 Å². The Morgan fingerprint density at radius 3 is 2.35 bits per heavy atom. The molecule has 2 aromatic rings. The molecule has 0 spiro atoms. The summed E-state index contributed by atoms with van der Waals surface area (Å²) in [5.74, 6) is 1.57. The zero-order chi connectivity index (χ0) is 15.8. The third-order valence-electron chi connectivity index (χ3n) is 3.80. The van der Waals surface area contributed by atoms with Gasteiger partial charge in [0, 0.05) is 25.5 Å². The summed E-state index contributed by atoms with van der Waals surface area (Å²) in [6, 6.07) is 16.7. The highest BCUT2D eigenvalue weighted by molar-refractivity contribution is 6.18. The zero-order valence-corrected chi connectivity index (χ0v) is 15.4. The number of halogens is 2. The van der Waals surface area contributed by atoms with Crippen LogP contribution in [-0.2, 0) is 6.54 Å². The van der Waals surface area contributed by atoms with E-state index in [0.717, 1.165) is 25.4 Å². The average Bonchev–Trinajstić information content (AvgIpc) is 2.52. The van der Waals surface area contributed by atoms with Gasteiger partial charge in [0.05, 0.1) is 0 Å². The lowest BCUT2D eigenvalue weighted by molar-refractivity contribution is 0.211. The molecule has 0 aliphatic carbocycles. The summed E-state index contributed by atoms with van der Waals surface area (Å²) < 4.78 is 5.87. The van der Waals surface area contributed by atoms with Crippen LogP contribution in [0, 0.1) is 13.8 Å². The van der Waals surface area contributed by atoms with Gasteiger partial charge in [-0.25, -0.2) is 0 Å². The molecule has 0 saturated carbocycles. The van der Waals surface area contributed by atoms with E-state index in [1.54, 1.807) is 0 Å². The van der Waals surface area contributed by atoms with E-state index in [4.69, 9.17) is 16.3 Å². The number of nitrogens with zero attached hydrogens (tertiary/aromatic N) is 1. The monoisotopic (exact) mass is 353 g/mol. The Morgan fingerprint density at radius 1 is 0.957 bits per heavy atom. The maximum absolute atomic E-state index is 5.91. The van der Waals surface area contributed by atoms with E-state index in [0.29, 0.717) is 12.5 Å². The van der Waals surface area contributed by atoms with Crippen molar-refractivity contribution >= 4 is 24.0 Å². The molecule has 0 atom stereocenters. The van der Waals surface area contributed by atoms with E-state index < -0.39 is 0 Å². The molecule has 2 rings (SSSR count). The van der Waals surface area contributed by atoms with Gasteiger partial charge in [0.15, 0.2) is 0 Å². The second kappa shape index (κ2) is 10.5. The minimum atomic E-state index is 0. The first kappa shape index (κ1) is 19.8. The van der Waals surface area contributed by atoms with Crippen LogP contribution < -0.4 is 4.74 Å². The quantitative estimate of drug-likeness (QED) is 0.629. The Kier molecular flexibility index (Phi) is 9.08. The highest BCUT2D eigenvalue weighted by Crippen LogP contribution is 2.16. The summed E-state index contributed by atoms with van der Waals surface area (Å²) >= 11 is 5.91. The van der Waals surface area contributed by atoms with E-state index in [-0.39, 0.29) is 12.4 Å². The topological polar surface area (TPSA) is 12.5 Å². The van der Waals surface area contributed by atoms with Gasteiger partial charge >= 0.3 is 0 Å². The lowest BCUT2D eigenvalue weighted by atomic mass is 10.1. The van der Waals surface area contributed by atoms with Gasteiger partial charge in [-0.2, -0.15) is 0 Å². The first-order chi connectivity index (χ1) is 10.7. The Balaban J connectivity index is 0.00000264. The maximum atomic E-state index is 5.91. The third-order valence-corrected chi connectivity index (χ3v) is 3.97. The molecule has 4 heteroatoms. The summed E-state index contributed by atoms with van der Waals surface area (Å²) in [6.45, 7) is 7.54. The van der Waals surface area contributed by atoms with E-state index in [1.807, 2.05) is 12.1 Å². The smallest absolute Gasteiger partial charge is 0.119 e. The fourth-order valence-corrected chi connectivity index (χ4v) is 2.57. The Bertz CT molecular complexity index is 575. The second-order valence-electron chi connectivity index (χ2n) is 5.55. The van der Waals surface area contributed by atoms with Crippen molar-refractivity contribution < 1.29 is 4.74 Å². The largest absolute Gasteiger partial charge is 0.492 e. The molecule has 0 aromatic heterocycles. The molecule has 0 unspecified atom stereocenters. The second-order valence-corrected chi connectivity index (χ2v) is 5.92. The molecular weight excluding hydrogens is 329 g/mol. The van der Waals surface area contributed by atoms with Crippen LogP contribution in [0.25, 0.3) is 0 Å². The van der Waals surface area contributed by atoms with Crippen molar-refractivity contribution in [2.45, 2.75) is 20.4 Å². The molecule has 0 aliphatic rings. The molecule has 0 radical (unpaired) electrons. The van der Waals surface area contributed by atoms with Crippen LogP contribution in [0.5, 0.6) is 5.75 Å². The fourth-order valence-electron chi connectivity index (χ4n) is 2.33. The van der Waals surface area contributed by atoms with E-state index in [9.17, 15) is 0 Å². The van der Waals surface area contributed by atoms with Crippen molar-refractivity contribution in [3.8, 4) is 5.75 Å². The van der Waals surface area contributed by atoms with E-state index in [1.165, 1.54) is 16.7 Å². The molecule has 0 heterocycles. The summed E-state index contributed by atoms with van der Waals surface area (Å²) in [4.78, 5) is 2.32. The van der Waals surface area contributed by atoms with Crippen molar-refractivity contribution in [3.63, 3.8) is 0 Å². The van der Waals surface area contributed by atoms with Gasteiger partial charge in [-0.05, 0) is 42.7 Å². The molecule has 2 nitrogen and oxygen atoms in total. The van der Waals surface area contributed by atoms with Crippen molar-refractivity contribution in [1.29, 1.82) is 0 Å². The van der Waals surface area contributed by atoms with Gasteiger partial charge < -0.3 is 4.74 Å². The van der Waals surface area contributed by atoms with Crippen molar-refractivity contribution in [2.24, 2.45) is 0 Å². The molecule has 0 fully saturated rings. The average molecular weight is 354 g/mol. The molecule has 0 bridgehead atoms. The lowest BCUT2D eigenvalue weighted by Gasteiger charge is -2.21.